The van der Waals surface area contributed by atoms with Crippen molar-refractivity contribution in [2.24, 2.45) is 0 Å². The monoisotopic (exact) mass is 278 g/mol. The van der Waals surface area contributed by atoms with E-state index in [1.54, 1.807) is 0 Å². The van der Waals surface area contributed by atoms with Crippen LogP contribution in [0.2, 0.25) is 0 Å². The van der Waals surface area contributed by atoms with Gasteiger partial charge in [0.25, 0.3) is 0 Å². The Morgan fingerprint density at radius 3 is 2.55 bits per heavy atom. The molecule has 1 aromatic carbocycles. The predicted octanol–water partition coefficient (Wildman–Crippen LogP) is 4.18. The van der Waals surface area contributed by atoms with Crippen LogP contribution in [-0.4, -0.2) is 17.7 Å². The number of benzene rings is 1. The van der Waals surface area contributed by atoms with E-state index in [1.807, 2.05) is 12.1 Å². The highest BCUT2D eigenvalue weighted by Crippen LogP contribution is 2.32. The van der Waals surface area contributed by atoms with Crippen molar-refractivity contribution in [1.82, 2.24) is 0 Å². The van der Waals surface area contributed by atoms with E-state index in [1.165, 1.54) is 11.1 Å². The summed E-state index contributed by atoms with van der Waals surface area (Å²) in [6.07, 6.45) is 2.68. The van der Waals surface area contributed by atoms with E-state index in [9.17, 15) is 4.79 Å². The predicted molar refractivity (Wildman–Crippen MR) is 81.5 cm³/mol. The first-order valence-electron chi connectivity index (χ1n) is 7.32. The van der Waals surface area contributed by atoms with Gasteiger partial charge in [0.2, 0.25) is 0 Å². The maximum absolute atomic E-state index is 10.6. The fourth-order valence-electron chi connectivity index (χ4n) is 2.10. The summed E-state index contributed by atoms with van der Waals surface area (Å²) in [4.78, 5) is 10.6. The Morgan fingerprint density at radius 2 is 2.00 bits per heavy atom. The molecule has 0 bridgehead atoms. The van der Waals surface area contributed by atoms with Gasteiger partial charge in [0.1, 0.15) is 5.75 Å². The lowest BCUT2D eigenvalue weighted by atomic mass is 9.85. The summed E-state index contributed by atoms with van der Waals surface area (Å²) in [6.45, 7) is 9.32. The lowest BCUT2D eigenvalue weighted by molar-refractivity contribution is -0.137. The van der Waals surface area contributed by atoms with Gasteiger partial charge < -0.3 is 9.84 Å². The topological polar surface area (TPSA) is 46.5 Å². The van der Waals surface area contributed by atoms with Crippen LogP contribution in [0.1, 0.15) is 58.1 Å². The normalized spacial score (nSPS) is 11.4. The van der Waals surface area contributed by atoms with Gasteiger partial charge in [-0.3, -0.25) is 4.79 Å². The largest absolute Gasteiger partial charge is 0.493 e. The summed E-state index contributed by atoms with van der Waals surface area (Å²) in [5, 5.41) is 8.70. The van der Waals surface area contributed by atoms with E-state index >= 15 is 0 Å². The van der Waals surface area contributed by atoms with E-state index in [-0.39, 0.29) is 11.8 Å². The summed E-state index contributed by atoms with van der Waals surface area (Å²) in [5.74, 6) is 0.213. The maximum atomic E-state index is 10.6. The molecule has 1 N–H and O–H groups in total. The Labute approximate surface area is 122 Å². The van der Waals surface area contributed by atoms with Gasteiger partial charge in [-0.15, -0.1) is 0 Å². The van der Waals surface area contributed by atoms with Gasteiger partial charge in [0.05, 0.1) is 6.61 Å². The molecule has 0 amide bonds. The van der Waals surface area contributed by atoms with Gasteiger partial charge in [-0.2, -0.15) is 0 Å². The molecule has 0 fully saturated rings. The van der Waals surface area contributed by atoms with Crippen LogP contribution in [0, 0.1) is 0 Å². The van der Waals surface area contributed by atoms with Crippen molar-refractivity contribution in [3.05, 3.63) is 29.3 Å². The van der Waals surface area contributed by atoms with Gasteiger partial charge in [0.15, 0.2) is 0 Å². The van der Waals surface area contributed by atoms with Crippen LogP contribution in [0.4, 0.5) is 0 Å². The molecule has 0 atom stereocenters. The molecule has 0 aromatic heterocycles. The Bertz CT molecular complexity index is 444. The minimum atomic E-state index is -0.732. The number of aryl methyl sites for hydroxylation is 1. The number of carbonyl (C=O) groups is 1. The van der Waals surface area contributed by atoms with Crippen LogP contribution < -0.4 is 4.74 Å². The Kier molecular flexibility index (Phi) is 6.05. The zero-order chi connectivity index (χ0) is 15.2. The molecule has 3 nitrogen and oxygen atoms in total. The molecule has 1 aromatic rings. The highest BCUT2D eigenvalue weighted by atomic mass is 16.5. The van der Waals surface area contributed by atoms with Crippen molar-refractivity contribution in [1.29, 1.82) is 0 Å². The molecule has 0 saturated heterocycles. The molecule has 0 aliphatic rings. The average Bonchev–Trinajstić information content (AvgIpc) is 2.35. The van der Waals surface area contributed by atoms with Crippen molar-refractivity contribution in [2.75, 3.05) is 6.61 Å². The second-order valence-electron chi connectivity index (χ2n) is 6.18. The average molecular weight is 278 g/mol. The lowest BCUT2D eigenvalue weighted by Gasteiger charge is -2.23. The number of hydrogen-bond donors (Lipinski definition) is 1. The van der Waals surface area contributed by atoms with Gasteiger partial charge in [0, 0.05) is 6.42 Å². The van der Waals surface area contributed by atoms with Crippen molar-refractivity contribution >= 4 is 5.97 Å². The molecular weight excluding hydrogens is 252 g/mol. The number of carboxylic acids is 1. The number of ether oxygens (including phenoxy) is 1. The molecule has 0 unspecified atom stereocenters. The van der Waals surface area contributed by atoms with Gasteiger partial charge in [-0.25, -0.2) is 0 Å². The first-order valence-corrected chi connectivity index (χ1v) is 7.32. The molecule has 3 heteroatoms. The summed E-state index contributed by atoms with van der Waals surface area (Å²) < 4.78 is 5.82. The molecule has 0 aliphatic heterocycles. The second-order valence-corrected chi connectivity index (χ2v) is 6.18. The fourth-order valence-corrected chi connectivity index (χ4v) is 2.10. The molecule has 1 rings (SSSR count). The first-order chi connectivity index (χ1) is 9.34. The Balaban J connectivity index is 2.87. The van der Waals surface area contributed by atoms with Crippen LogP contribution in [-0.2, 0) is 16.6 Å². The SMILES string of the molecule is CCCOc1ccc(CCCC(=O)O)cc1C(C)(C)C. The van der Waals surface area contributed by atoms with Crippen LogP contribution in [0.5, 0.6) is 5.75 Å². The summed E-state index contributed by atoms with van der Waals surface area (Å²) in [6, 6.07) is 6.22. The summed E-state index contributed by atoms with van der Waals surface area (Å²) in [7, 11) is 0. The first kappa shape index (κ1) is 16.5. The van der Waals surface area contributed by atoms with E-state index < -0.39 is 5.97 Å². The third-order valence-electron chi connectivity index (χ3n) is 3.17. The molecule has 0 spiro atoms. The molecule has 0 radical (unpaired) electrons. The molecule has 0 saturated carbocycles. The van der Waals surface area contributed by atoms with Crippen LogP contribution in [0.25, 0.3) is 0 Å². The third-order valence-corrected chi connectivity index (χ3v) is 3.17. The quantitative estimate of drug-likeness (QED) is 0.813. The van der Waals surface area contributed by atoms with E-state index in [4.69, 9.17) is 9.84 Å². The van der Waals surface area contributed by atoms with Gasteiger partial charge >= 0.3 is 5.97 Å². The Hall–Kier alpha value is -1.51. The molecular formula is C17H26O3. The van der Waals surface area contributed by atoms with Crippen molar-refractivity contribution in [3.8, 4) is 5.75 Å². The van der Waals surface area contributed by atoms with Crippen LogP contribution in [0.3, 0.4) is 0 Å². The molecule has 0 aliphatic carbocycles. The van der Waals surface area contributed by atoms with E-state index in [0.29, 0.717) is 6.42 Å². The van der Waals surface area contributed by atoms with Crippen molar-refractivity contribution in [2.45, 2.75) is 58.8 Å². The van der Waals surface area contributed by atoms with Crippen LogP contribution >= 0.6 is 0 Å². The number of carboxylic acid groups (broad SMARTS) is 1. The minimum absolute atomic E-state index is 0.0197. The minimum Gasteiger partial charge on any atom is -0.493 e. The number of aliphatic carboxylic acids is 1. The standard InChI is InChI=1S/C17H26O3/c1-5-11-20-15-10-9-13(7-6-8-16(18)19)12-14(15)17(2,3)4/h9-10,12H,5-8,11H2,1-4H3,(H,18,19). The zero-order valence-corrected chi connectivity index (χ0v) is 13.0. The van der Waals surface area contributed by atoms with E-state index in [2.05, 4.69) is 33.8 Å². The van der Waals surface area contributed by atoms with Crippen molar-refractivity contribution < 1.29 is 14.6 Å². The maximum Gasteiger partial charge on any atom is 0.303 e. The van der Waals surface area contributed by atoms with Gasteiger partial charge in [-0.05, 0) is 41.9 Å². The number of rotatable bonds is 7. The smallest absolute Gasteiger partial charge is 0.303 e. The van der Waals surface area contributed by atoms with Crippen LogP contribution in [0.15, 0.2) is 18.2 Å². The Morgan fingerprint density at radius 1 is 1.30 bits per heavy atom. The third kappa shape index (κ3) is 5.24. The lowest BCUT2D eigenvalue weighted by Crippen LogP contribution is -2.14. The summed E-state index contributed by atoms with van der Waals surface area (Å²) >= 11 is 0. The van der Waals surface area contributed by atoms with E-state index in [0.717, 1.165) is 25.2 Å². The second kappa shape index (κ2) is 7.32. The molecule has 20 heavy (non-hydrogen) atoms. The van der Waals surface area contributed by atoms with Crippen molar-refractivity contribution in [3.63, 3.8) is 0 Å². The fraction of sp³-hybridized carbons (Fsp3) is 0.588. The number of hydrogen-bond acceptors (Lipinski definition) is 2. The zero-order valence-electron chi connectivity index (χ0n) is 13.0. The van der Waals surface area contributed by atoms with Gasteiger partial charge in [-0.1, -0.05) is 39.8 Å². The summed E-state index contributed by atoms with van der Waals surface area (Å²) in [5.41, 5.74) is 2.39. The highest BCUT2D eigenvalue weighted by Gasteiger charge is 2.19. The molecule has 112 valence electrons. The highest BCUT2D eigenvalue weighted by molar-refractivity contribution is 5.66. The molecule has 0 heterocycles.